The summed E-state index contributed by atoms with van der Waals surface area (Å²) in [5.41, 5.74) is 5.00. The maximum absolute atomic E-state index is 14.8. The van der Waals surface area contributed by atoms with E-state index in [2.05, 4.69) is 6.92 Å². The molecule has 94 valence electrons. The van der Waals surface area contributed by atoms with Gasteiger partial charge in [-0.05, 0) is 50.4 Å². The van der Waals surface area contributed by atoms with Crippen LogP contribution >= 0.6 is 0 Å². The Hall–Kier alpha value is -0.110. The van der Waals surface area contributed by atoms with E-state index in [4.69, 9.17) is 5.73 Å². The Bertz CT molecular complexity index is 213. The quantitative estimate of drug-likeness (QED) is 0.762. The predicted octanol–water partition coefficient (Wildman–Crippen LogP) is 3.81. The van der Waals surface area contributed by atoms with Crippen molar-refractivity contribution in [3.05, 3.63) is 0 Å². The second-order valence-corrected chi connectivity index (χ2v) is 6.00. The molecule has 2 saturated carbocycles. The first-order chi connectivity index (χ1) is 7.64. The van der Waals surface area contributed by atoms with E-state index >= 15 is 0 Å². The zero-order valence-electron chi connectivity index (χ0n) is 10.6. The number of rotatable bonds is 2. The van der Waals surface area contributed by atoms with Crippen molar-refractivity contribution in [1.82, 2.24) is 0 Å². The van der Waals surface area contributed by atoms with Crippen molar-refractivity contribution in [1.29, 1.82) is 0 Å². The van der Waals surface area contributed by atoms with Crippen molar-refractivity contribution >= 4 is 0 Å². The highest BCUT2D eigenvalue weighted by atomic mass is 19.1. The van der Waals surface area contributed by atoms with Gasteiger partial charge in [-0.25, -0.2) is 4.39 Å². The van der Waals surface area contributed by atoms with E-state index in [0.717, 1.165) is 44.4 Å². The molecule has 0 aromatic rings. The Labute approximate surface area is 99.0 Å². The van der Waals surface area contributed by atoms with Crippen LogP contribution in [0.5, 0.6) is 0 Å². The first-order valence-electron chi connectivity index (χ1n) is 7.08. The number of hydrogen-bond donors (Lipinski definition) is 1. The predicted molar refractivity (Wildman–Crippen MR) is 66.0 cm³/mol. The van der Waals surface area contributed by atoms with E-state index < -0.39 is 5.67 Å². The fraction of sp³-hybridized carbons (Fsp3) is 1.00. The molecular formula is C14H26FN. The summed E-state index contributed by atoms with van der Waals surface area (Å²) >= 11 is 0. The van der Waals surface area contributed by atoms with E-state index in [-0.39, 0.29) is 6.04 Å². The van der Waals surface area contributed by atoms with Gasteiger partial charge in [0, 0.05) is 6.04 Å². The second-order valence-electron chi connectivity index (χ2n) is 6.00. The summed E-state index contributed by atoms with van der Waals surface area (Å²) in [6.45, 7) is 2.26. The molecule has 0 bridgehead atoms. The van der Waals surface area contributed by atoms with Crippen LogP contribution in [0.1, 0.15) is 64.7 Å². The first-order valence-corrected chi connectivity index (χ1v) is 7.08. The van der Waals surface area contributed by atoms with Gasteiger partial charge in [-0.15, -0.1) is 0 Å². The topological polar surface area (TPSA) is 26.0 Å². The fourth-order valence-corrected chi connectivity index (χ4v) is 3.62. The van der Waals surface area contributed by atoms with Crippen LogP contribution in [0.2, 0.25) is 0 Å². The van der Waals surface area contributed by atoms with Gasteiger partial charge < -0.3 is 5.73 Å². The SMILES string of the molecule is CCC1CCC(C2(F)CCC(N)CC2)CC1. The fourth-order valence-electron chi connectivity index (χ4n) is 3.62. The molecule has 0 aromatic heterocycles. The minimum atomic E-state index is -0.866. The summed E-state index contributed by atoms with van der Waals surface area (Å²) in [4.78, 5) is 0. The van der Waals surface area contributed by atoms with Gasteiger partial charge in [0.25, 0.3) is 0 Å². The lowest BCUT2D eigenvalue weighted by molar-refractivity contribution is 0.00735. The van der Waals surface area contributed by atoms with Gasteiger partial charge in [-0.1, -0.05) is 26.2 Å². The summed E-state index contributed by atoms with van der Waals surface area (Å²) in [5.74, 6) is 1.20. The summed E-state index contributed by atoms with van der Waals surface area (Å²) in [5, 5.41) is 0. The lowest BCUT2D eigenvalue weighted by Gasteiger charge is -2.42. The molecule has 0 aliphatic heterocycles. The Kier molecular flexibility index (Phi) is 3.89. The molecule has 0 atom stereocenters. The van der Waals surface area contributed by atoms with Gasteiger partial charge >= 0.3 is 0 Å². The van der Waals surface area contributed by atoms with E-state index in [1.807, 2.05) is 0 Å². The third kappa shape index (κ3) is 2.58. The molecule has 0 amide bonds. The van der Waals surface area contributed by atoms with Crippen molar-refractivity contribution in [3.8, 4) is 0 Å². The summed E-state index contributed by atoms with van der Waals surface area (Å²) in [7, 11) is 0. The van der Waals surface area contributed by atoms with Crippen LogP contribution in [-0.4, -0.2) is 11.7 Å². The molecule has 0 radical (unpaired) electrons. The largest absolute Gasteiger partial charge is 0.328 e. The molecule has 2 aliphatic carbocycles. The maximum Gasteiger partial charge on any atom is 0.114 e. The molecule has 1 nitrogen and oxygen atoms in total. The highest BCUT2D eigenvalue weighted by molar-refractivity contribution is 4.94. The Morgan fingerprint density at radius 3 is 2.12 bits per heavy atom. The molecule has 2 heteroatoms. The van der Waals surface area contributed by atoms with Crippen molar-refractivity contribution < 1.29 is 4.39 Å². The molecule has 2 aliphatic rings. The van der Waals surface area contributed by atoms with Crippen LogP contribution in [0.15, 0.2) is 0 Å². The Balaban J connectivity index is 1.88. The Morgan fingerprint density at radius 2 is 1.62 bits per heavy atom. The summed E-state index contributed by atoms with van der Waals surface area (Å²) in [6, 6.07) is 0.260. The van der Waals surface area contributed by atoms with Crippen molar-refractivity contribution in [2.75, 3.05) is 0 Å². The Morgan fingerprint density at radius 1 is 1.06 bits per heavy atom. The van der Waals surface area contributed by atoms with Gasteiger partial charge in [0.05, 0.1) is 0 Å². The average Bonchev–Trinajstić information content (AvgIpc) is 2.33. The average molecular weight is 227 g/mol. The van der Waals surface area contributed by atoms with Gasteiger partial charge in [0.15, 0.2) is 0 Å². The molecule has 16 heavy (non-hydrogen) atoms. The van der Waals surface area contributed by atoms with Crippen LogP contribution in [0.3, 0.4) is 0 Å². The van der Waals surface area contributed by atoms with E-state index in [1.54, 1.807) is 0 Å². The monoisotopic (exact) mass is 227 g/mol. The van der Waals surface area contributed by atoms with E-state index in [0.29, 0.717) is 5.92 Å². The molecule has 2 N–H and O–H groups in total. The second kappa shape index (κ2) is 5.03. The highest BCUT2D eigenvalue weighted by Gasteiger charge is 2.42. The van der Waals surface area contributed by atoms with Gasteiger partial charge in [0.2, 0.25) is 0 Å². The minimum Gasteiger partial charge on any atom is -0.328 e. The number of alkyl halides is 1. The summed E-state index contributed by atoms with van der Waals surface area (Å²) in [6.07, 6.45) is 9.23. The van der Waals surface area contributed by atoms with Crippen molar-refractivity contribution in [2.45, 2.75) is 76.4 Å². The van der Waals surface area contributed by atoms with Crippen LogP contribution in [-0.2, 0) is 0 Å². The van der Waals surface area contributed by atoms with E-state index in [1.165, 1.54) is 19.3 Å². The van der Waals surface area contributed by atoms with Crippen LogP contribution in [0.25, 0.3) is 0 Å². The summed E-state index contributed by atoms with van der Waals surface area (Å²) < 4.78 is 14.8. The van der Waals surface area contributed by atoms with Crippen LogP contribution < -0.4 is 5.73 Å². The normalized spacial score (nSPS) is 45.6. The molecule has 0 saturated heterocycles. The molecule has 0 aromatic carbocycles. The van der Waals surface area contributed by atoms with Gasteiger partial charge in [-0.2, -0.15) is 0 Å². The third-order valence-electron chi connectivity index (χ3n) is 5.02. The molecule has 0 spiro atoms. The first kappa shape index (κ1) is 12.3. The number of hydrogen-bond acceptors (Lipinski definition) is 1. The minimum absolute atomic E-state index is 0.260. The van der Waals surface area contributed by atoms with Crippen molar-refractivity contribution in [3.63, 3.8) is 0 Å². The lowest BCUT2D eigenvalue weighted by Crippen LogP contribution is -2.42. The van der Waals surface area contributed by atoms with Crippen molar-refractivity contribution in [2.24, 2.45) is 17.6 Å². The highest BCUT2D eigenvalue weighted by Crippen LogP contribution is 2.45. The molecule has 0 heterocycles. The van der Waals surface area contributed by atoms with Gasteiger partial charge in [0.1, 0.15) is 5.67 Å². The lowest BCUT2D eigenvalue weighted by atomic mass is 9.68. The standard InChI is InChI=1S/C14H26FN/c1-2-11-3-5-12(6-4-11)14(15)9-7-13(16)8-10-14/h11-13H,2-10,16H2,1H3. The van der Waals surface area contributed by atoms with Gasteiger partial charge in [-0.3, -0.25) is 0 Å². The molecule has 2 fully saturated rings. The molecule has 0 unspecified atom stereocenters. The van der Waals surface area contributed by atoms with Crippen LogP contribution in [0.4, 0.5) is 4.39 Å². The van der Waals surface area contributed by atoms with Crippen LogP contribution in [0, 0.1) is 11.8 Å². The number of halogens is 1. The molecule has 2 rings (SSSR count). The third-order valence-corrected chi connectivity index (χ3v) is 5.02. The smallest absolute Gasteiger partial charge is 0.114 e. The zero-order chi connectivity index (χ0) is 11.6. The number of nitrogens with two attached hydrogens (primary N) is 1. The zero-order valence-corrected chi connectivity index (χ0v) is 10.6. The molecular weight excluding hydrogens is 201 g/mol. The maximum atomic E-state index is 14.8. The van der Waals surface area contributed by atoms with E-state index in [9.17, 15) is 4.39 Å².